The molecule has 0 unspecified atom stereocenters. The maximum Gasteiger partial charge on any atom is 0.251 e. The van der Waals surface area contributed by atoms with Crippen LogP contribution in [-0.4, -0.2) is 38.1 Å². The summed E-state index contributed by atoms with van der Waals surface area (Å²) in [6.07, 6.45) is 5.50. The minimum atomic E-state index is -0.990. The number of furan rings is 2. The fourth-order valence-electron chi connectivity index (χ4n) is 4.36. The first-order chi connectivity index (χ1) is 17.1. The van der Waals surface area contributed by atoms with Gasteiger partial charge in [-0.1, -0.05) is 31.0 Å². The van der Waals surface area contributed by atoms with E-state index >= 15 is 0 Å². The predicted octanol–water partition coefficient (Wildman–Crippen LogP) is 3.67. The zero-order chi connectivity index (χ0) is 24.2. The summed E-state index contributed by atoms with van der Waals surface area (Å²) in [5.41, 5.74) is 0.558. The molecule has 1 aliphatic carbocycles. The number of tetrazole rings is 1. The van der Waals surface area contributed by atoms with Gasteiger partial charge in [0.25, 0.3) is 11.8 Å². The first-order valence-electron chi connectivity index (χ1n) is 11.6. The van der Waals surface area contributed by atoms with Crippen molar-refractivity contribution in [3.63, 3.8) is 0 Å². The average Bonchev–Trinajstić information content (AvgIpc) is 3.66. The van der Waals surface area contributed by atoms with Gasteiger partial charge in [0.1, 0.15) is 18.1 Å². The van der Waals surface area contributed by atoms with Crippen molar-refractivity contribution in [2.45, 2.75) is 51.2 Å². The number of aromatic nitrogens is 4. The molecule has 180 valence electrons. The van der Waals surface area contributed by atoms with E-state index in [0.717, 1.165) is 31.4 Å². The molecule has 1 atom stereocenters. The van der Waals surface area contributed by atoms with Crippen molar-refractivity contribution in [1.82, 2.24) is 25.5 Å². The minimum Gasteiger partial charge on any atom is -0.467 e. The lowest BCUT2D eigenvalue weighted by molar-refractivity contribution is -0.128. The van der Waals surface area contributed by atoms with E-state index in [1.807, 2.05) is 25.1 Å². The quantitative estimate of drug-likeness (QED) is 0.414. The number of carbonyl (C=O) groups is 2. The number of anilines is 1. The molecule has 0 aliphatic heterocycles. The van der Waals surface area contributed by atoms with Crippen molar-refractivity contribution >= 4 is 17.5 Å². The maximum absolute atomic E-state index is 13.7. The van der Waals surface area contributed by atoms with E-state index in [1.165, 1.54) is 16.0 Å². The van der Waals surface area contributed by atoms with Gasteiger partial charge in [-0.3, -0.25) is 14.5 Å². The van der Waals surface area contributed by atoms with E-state index in [0.29, 0.717) is 17.2 Å². The smallest absolute Gasteiger partial charge is 0.251 e. The molecule has 0 saturated heterocycles. The number of para-hydroxylation sites is 1. The number of carbonyl (C=O) groups excluding carboxylic acids is 2. The number of nitrogens with one attached hydrogen (secondary N) is 1. The van der Waals surface area contributed by atoms with Crippen LogP contribution in [0.4, 0.5) is 5.69 Å². The van der Waals surface area contributed by atoms with Gasteiger partial charge in [0.15, 0.2) is 11.8 Å². The Hall–Kier alpha value is -4.21. The first-order valence-corrected chi connectivity index (χ1v) is 11.6. The Morgan fingerprint density at radius 3 is 2.60 bits per heavy atom. The van der Waals surface area contributed by atoms with Crippen molar-refractivity contribution in [1.29, 1.82) is 0 Å². The van der Waals surface area contributed by atoms with Crippen molar-refractivity contribution in [3.05, 3.63) is 72.4 Å². The highest BCUT2D eigenvalue weighted by Crippen LogP contribution is 2.30. The summed E-state index contributed by atoms with van der Waals surface area (Å²) in [5, 5.41) is 15.4. The number of hydrogen-bond donors (Lipinski definition) is 1. The topological polar surface area (TPSA) is 119 Å². The Labute approximate surface area is 201 Å². The number of hydrogen-bond acceptors (Lipinski definition) is 7. The van der Waals surface area contributed by atoms with Gasteiger partial charge in [-0.05, 0) is 61.4 Å². The molecule has 5 rings (SSSR count). The van der Waals surface area contributed by atoms with Crippen LogP contribution in [0.2, 0.25) is 0 Å². The van der Waals surface area contributed by atoms with Crippen LogP contribution in [0, 0.1) is 6.92 Å². The van der Waals surface area contributed by atoms with Gasteiger partial charge < -0.3 is 14.2 Å². The van der Waals surface area contributed by atoms with Crippen LogP contribution in [0.25, 0.3) is 11.6 Å². The molecule has 3 aromatic heterocycles. The highest BCUT2D eigenvalue weighted by Gasteiger charge is 2.36. The molecule has 0 bridgehead atoms. The van der Waals surface area contributed by atoms with Gasteiger partial charge in [-0.15, -0.1) is 10.2 Å². The van der Waals surface area contributed by atoms with E-state index in [2.05, 4.69) is 20.7 Å². The highest BCUT2D eigenvalue weighted by molar-refractivity contribution is 6.01. The molecule has 10 nitrogen and oxygen atoms in total. The van der Waals surface area contributed by atoms with Gasteiger partial charge in [0.05, 0.1) is 6.26 Å². The molecule has 1 fully saturated rings. The first kappa shape index (κ1) is 22.6. The van der Waals surface area contributed by atoms with Gasteiger partial charge in [-0.25, -0.2) is 0 Å². The van der Waals surface area contributed by atoms with Crippen LogP contribution in [-0.2, 0) is 16.1 Å². The molecule has 1 aliphatic rings. The summed E-state index contributed by atoms with van der Waals surface area (Å²) in [6, 6.07) is 15.1. The molecule has 1 N–H and O–H groups in total. The van der Waals surface area contributed by atoms with Crippen LogP contribution >= 0.6 is 0 Å². The Morgan fingerprint density at radius 2 is 1.91 bits per heavy atom. The van der Waals surface area contributed by atoms with E-state index in [4.69, 9.17) is 8.83 Å². The highest BCUT2D eigenvalue weighted by atomic mass is 16.3. The van der Waals surface area contributed by atoms with Gasteiger partial charge in [-0.2, -0.15) is 4.80 Å². The molecular formula is C25H26N6O4. The average molecular weight is 475 g/mol. The molecule has 3 heterocycles. The second-order valence-electron chi connectivity index (χ2n) is 8.56. The Kier molecular flexibility index (Phi) is 6.42. The fourth-order valence-corrected chi connectivity index (χ4v) is 4.36. The third kappa shape index (κ3) is 5.01. The molecule has 0 spiro atoms. The second-order valence-corrected chi connectivity index (χ2v) is 8.56. The van der Waals surface area contributed by atoms with Gasteiger partial charge in [0.2, 0.25) is 5.82 Å². The summed E-state index contributed by atoms with van der Waals surface area (Å²) in [4.78, 5) is 29.9. The molecule has 10 heteroatoms. The number of rotatable bonds is 8. The summed E-state index contributed by atoms with van der Waals surface area (Å²) < 4.78 is 11.2. The van der Waals surface area contributed by atoms with Crippen LogP contribution in [0.15, 0.2) is 69.7 Å². The maximum atomic E-state index is 13.7. The summed E-state index contributed by atoms with van der Waals surface area (Å²) in [5.74, 6) is 1.15. The Balaban J connectivity index is 1.45. The van der Waals surface area contributed by atoms with Crippen molar-refractivity contribution in [2.75, 3.05) is 4.90 Å². The molecule has 2 amide bonds. The second kappa shape index (κ2) is 9.96. The fraction of sp³-hybridized carbons (Fsp3) is 0.320. The Morgan fingerprint density at radius 1 is 1.11 bits per heavy atom. The zero-order valence-corrected chi connectivity index (χ0v) is 19.3. The van der Waals surface area contributed by atoms with Crippen molar-refractivity contribution in [3.8, 4) is 11.6 Å². The lowest BCUT2D eigenvalue weighted by Crippen LogP contribution is -2.47. The minimum absolute atomic E-state index is 0.0870. The van der Waals surface area contributed by atoms with Crippen molar-refractivity contribution < 1.29 is 18.4 Å². The SMILES string of the molecule is Cc1ccc(-c2nnn(CC(=O)N(c3ccccc3)[C@H](C(=O)NC3CCCC3)c3ccco3)n2)o1. The third-order valence-electron chi connectivity index (χ3n) is 6.01. The predicted molar refractivity (Wildman–Crippen MR) is 126 cm³/mol. The molecule has 35 heavy (non-hydrogen) atoms. The standard InChI is InChI=1S/C25H26N6O4/c1-17-13-14-21(35-17)24-27-29-30(28-24)16-22(32)31(19-10-3-2-4-11-19)23(20-12-7-15-34-20)25(33)26-18-8-5-6-9-18/h2-4,7,10-15,18,23H,5-6,8-9,16H2,1H3,(H,26,33)/t23-/m0/s1. The summed E-state index contributed by atoms with van der Waals surface area (Å²) in [7, 11) is 0. The largest absolute Gasteiger partial charge is 0.467 e. The number of aryl methyl sites for hydroxylation is 1. The number of benzene rings is 1. The summed E-state index contributed by atoms with van der Waals surface area (Å²) >= 11 is 0. The van der Waals surface area contributed by atoms with E-state index < -0.39 is 11.9 Å². The normalized spacial score (nSPS) is 14.7. The molecule has 1 saturated carbocycles. The molecule has 4 aromatic rings. The third-order valence-corrected chi connectivity index (χ3v) is 6.01. The lowest BCUT2D eigenvalue weighted by atomic mass is 10.1. The molecule has 1 aromatic carbocycles. The lowest BCUT2D eigenvalue weighted by Gasteiger charge is -2.30. The van der Waals surface area contributed by atoms with Crippen LogP contribution in [0.5, 0.6) is 0 Å². The number of amides is 2. The van der Waals surface area contributed by atoms with Crippen LogP contribution in [0.1, 0.15) is 43.2 Å². The van der Waals surface area contributed by atoms with Gasteiger partial charge in [0, 0.05) is 11.7 Å². The molecular weight excluding hydrogens is 448 g/mol. The van der Waals surface area contributed by atoms with Crippen LogP contribution < -0.4 is 10.2 Å². The monoisotopic (exact) mass is 474 g/mol. The molecule has 0 radical (unpaired) electrons. The van der Waals surface area contributed by atoms with Crippen molar-refractivity contribution in [2.24, 2.45) is 0 Å². The van der Waals surface area contributed by atoms with E-state index in [-0.39, 0.29) is 24.3 Å². The van der Waals surface area contributed by atoms with E-state index in [9.17, 15) is 9.59 Å². The van der Waals surface area contributed by atoms with E-state index in [1.54, 1.807) is 36.4 Å². The Bertz CT molecular complexity index is 1270. The summed E-state index contributed by atoms with van der Waals surface area (Å²) in [6.45, 7) is 1.59. The number of nitrogens with zero attached hydrogens (tertiary/aromatic N) is 5. The zero-order valence-electron chi connectivity index (χ0n) is 19.3. The van der Waals surface area contributed by atoms with Crippen LogP contribution in [0.3, 0.4) is 0 Å². The van der Waals surface area contributed by atoms with Gasteiger partial charge >= 0.3 is 0 Å².